The van der Waals surface area contributed by atoms with Crippen molar-refractivity contribution >= 4 is 23.2 Å². The van der Waals surface area contributed by atoms with E-state index in [0.29, 0.717) is 43.1 Å². The van der Waals surface area contributed by atoms with Crippen molar-refractivity contribution in [3.8, 4) is 11.5 Å². The number of amides is 2. The quantitative estimate of drug-likeness (QED) is 0.360. The molecule has 2 amide bonds. The zero-order valence-electron chi connectivity index (χ0n) is 20.5. The van der Waals surface area contributed by atoms with Crippen LogP contribution < -0.4 is 9.47 Å². The summed E-state index contributed by atoms with van der Waals surface area (Å²) in [6.07, 6.45) is 0.697. The lowest BCUT2D eigenvalue weighted by molar-refractivity contribution is -0.133. The van der Waals surface area contributed by atoms with Crippen molar-refractivity contribution in [2.75, 3.05) is 27.3 Å². The van der Waals surface area contributed by atoms with E-state index in [2.05, 4.69) is 0 Å². The molecule has 0 saturated carbocycles. The molecule has 0 aliphatic rings. The van der Waals surface area contributed by atoms with Gasteiger partial charge in [-0.1, -0.05) is 19.1 Å². The third-order valence-electron chi connectivity index (χ3n) is 5.65. The van der Waals surface area contributed by atoms with E-state index < -0.39 is 0 Å². The zero-order chi connectivity index (χ0) is 25.4. The molecule has 0 N–H and O–H groups in total. The maximum atomic E-state index is 13.5. The van der Waals surface area contributed by atoms with Gasteiger partial charge in [-0.2, -0.15) is 0 Å². The predicted molar refractivity (Wildman–Crippen MR) is 135 cm³/mol. The highest BCUT2D eigenvalue weighted by molar-refractivity contribution is 7.10. The van der Waals surface area contributed by atoms with Crippen LogP contribution in [0.3, 0.4) is 0 Å². The SMILES string of the molecule is CCCN(CC(=O)N(Cc1ccc(F)cc1)Cc1sccc1C)C(=O)c1cc(OC)cc(OC)c1. The number of ether oxygens (including phenoxy) is 2. The van der Waals surface area contributed by atoms with Crippen LogP contribution in [0.4, 0.5) is 4.39 Å². The van der Waals surface area contributed by atoms with Gasteiger partial charge < -0.3 is 19.3 Å². The van der Waals surface area contributed by atoms with E-state index in [1.54, 1.807) is 51.5 Å². The Morgan fingerprint density at radius 2 is 1.60 bits per heavy atom. The van der Waals surface area contributed by atoms with Gasteiger partial charge in [-0.3, -0.25) is 9.59 Å². The summed E-state index contributed by atoms with van der Waals surface area (Å²) in [6.45, 7) is 5.06. The Kier molecular flexibility index (Phi) is 9.25. The number of methoxy groups -OCH3 is 2. The number of halogens is 1. The zero-order valence-corrected chi connectivity index (χ0v) is 21.4. The van der Waals surface area contributed by atoms with E-state index in [-0.39, 0.29) is 24.2 Å². The standard InChI is InChI=1S/C27H31FN2O4S/c1-5-11-29(27(32)21-13-23(33-3)15-24(14-21)34-4)18-26(31)30(17-25-19(2)10-12-35-25)16-20-6-8-22(28)9-7-20/h6-10,12-15H,5,11,16-18H2,1-4H3. The fraction of sp³-hybridized carbons (Fsp3) is 0.333. The number of aryl methyl sites for hydroxylation is 1. The summed E-state index contributed by atoms with van der Waals surface area (Å²) in [7, 11) is 3.05. The van der Waals surface area contributed by atoms with Gasteiger partial charge >= 0.3 is 0 Å². The van der Waals surface area contributed by atoms with E-state index in [0.717, 1.165) is 16.0 Å². The third-order valence-corrected chi connectivity index (χ3v) is 6.66. The number of benzene rings is 2. The van der Waals surface area contributed by atoms with Crippen LogP contribution >= 0.6 is 11.3 Å². The van der Waals surface area contributed by atoms with Crippen LogP contribution in [0.2, 0.25) is 0 Å². The highest BCUT2D eigenvalue weighted by atomic mass is 32.1. The fourth-order valence-electron chi connectivity index (χ4n) is 3.68. The molecule has 1 heterocycles. The molecule has 6 nitrogen and oxygen atoms in total. The number of hydrogen-bond acceptors (Lipinski definition) is 5. The molecular weight excluding hydrogens is 467 g/mol. The molecule has 1 aromatic heterocycles. The highest BCUT2D eigenvalue weighted by Crippen LogP contribution is 2.24. The van der Waals surface area contributed by atoms with Crippen molar-refractivity contribution in [1.82, 2.24) is 9.80 Å². The van der Waals surface area contributed by atoms with Crippen LogP contribution in [0.1, 0.15) is 39.7 Å². The van der Waals surface area contributed by atoms with Crippen LogP contribution in [0.5, 0.6) is 11.5 Å². The number of thiophene rings is 1. The van der Waals surface area contributed by atoms with Crippen molar-refractivity contribution in [1.29, 1.82) is 0 Å². The highest BCUT2D eigenvalue weighted by Gasteiger charge is 2.24. The minimum atomic E-state index is -0.325. The van der Waals surface area contributed by atoms with Crippen molar-refractivity contribution < 1.29 is 23.5 Å². The molecule has 0 aliphatic carbocycles. The molecule has 2 aromatic carbocycles. The summed E-state index contributed by atoms with van der Waals surface area (Å²) in [5.74, 6) is 0.225. The van der Waals surface area contributed by atoms with Gasteiger partial charge in [0.1, 0.15) is 23.9 Å². The van der Waals surface area contributed by atoms with Crippen LogP contribution in [0.25, 0.3) is 0 Å². The molecular formula is C27H31FN2O4S. The van der Waals surface area contributed by atoms with Crippen molar-refractivity contribution in [2.45, 2.75) is 33.4 Å². The largest absolute Gasteiger partial charge is 0.497 e. The molecule has 0 unspecified atom stereocenters. The van der Waals surface area contributed by atoms with Gasteiger partial charge in [0.15, 0.2) is 0 Å². The Labute approximate surface area is 209 Å². The summed E-state index contributed by atoms with van der Waals surface area (Å²) in [4.78, 5) is 31.3. The van der Waals surface area contributed by atoms with Crippen LogP contribution in [-0.4, -0.2) is 48.9 Å². The number of nitrogens with zero attached hydrogens (tertiary/aromatic N) is 2. The molecule has 8 heteroatoms. The second kappa shape index (κ2) is 12.4. The van der Waals surface area contributed by atoms with Crippen molar-refractivity contribution in [3.05, 3.63) is 81.3 Å². The average Bonchev–Trinajstić information content (AvgIpc) is 3.27. The summed E-state index contributed by atoms with van der Waals surface area (Å²) < 4.78 is 24.0. The van der Waals surface area contributed by atoms with E-state index in [1.165, 1.54) is 26.4 Å². The van der Waals surface area contributed by atoms with Gasteiger partial charge in [0.25, 0.3) is 5.91 Å². The van der Waals surface area contributed by atoms with Gasteiger partial charge in [0.05, 0.1) is 20.8 Å². The van der Waals surface area contributed by atoms with Gasteiger partial charge in [0, 0.05) is 29.6 Å². The van der Waals surface area contributed by atoms with Gasteiger partial charge in [-0.25, -0.2) is 4.39 Å². The average molecular weight is 499 g/mol. The van der Waals surface area contributed by atoms with Crippen LogP contribution in [0, 0.1) is 12.7 Å². The minimum absolute atomic E-state index is 0.0716. The van der Waals surface area contributed by atoms with Crippen molar-refractivity contribution in [3.63, 3.8) is 0 Å². The first-order chi connectivity index (χ1) is 16.8. The predicted octanol–water partition coefficient (Wildman–Crippen LogP) is 5.29. The topological polar surface area (TPSA) is 59.1 Å². The van der Waals surface area contributed by atoms with Crippen molar-refractivity contribution in [2.24, 2.45) is 0 Å². The second-order valence-corrected chi connectivity index (χ2v) is 9.23. The Bertz CT molecular complexity index is 1120. The maximum absolute atomic E-state index is 13.5. The smallest absolute Gasteiger partial charge is 0.254 e. The Hall–Kier alpha value is -3.39. The Morgan fingerprint density at radius 3 is 2.14 bits per heavy atom. The third kappa shape index (κ3) is 7.05. The van der Waals surface area contributed by atoms with E-state index >= 15 is 0 Å². The molecule has 0 atom stereocenters. The monoisotopic (exact) mass is 498 g/mol. The van der Waals surface area contributed by atoms with Gasteiger partial charge in [-0.15, -0.1) is 11.3 Å². The minimum Gasteiger partial charge on any atom is -0.497 e. The lowest BCUT2D eigenvalue weighted by Gasteiger charge is -2.28. The molecule has 0 radical (unpaired) electrons. The fourth-order valence-corrected chi connectivity index (χ4v) is 4.60. The maximum Gasteiger partial charge on any atom is 0.254 e. The van der Waals surface area contributed by atoms with E-state index in [4.69, 9.17) is 9.47 Å². The lowest BCUT2D eigenvalue weighted by atomic mass is 10.1. The summed E-state index contributed by atoms with van der Waals surface area (Å²) in [6, 6.07) is 13.1. The molecule has 3 rings (SSSR count). The Balaban J connectivity index is 1.85. The number of carbonyl (C=O) groups is 2. The first-order valence-electron chi connectivity index (χ1n) is 11.4. The molecule has 186 valence electrons. The molecule has 0 saturated heterocycles. The molecule has 35 heavy (non-hydrogen) atoms. The van der Waals surface area contributed by atoms with E-state index in [1.807, 2.05) is 25.3 Å². The Morgan fingerprint density at radius 1 is 0.943 bits per heavy atom. The van der Waals surface area contributed by atoms with Gasteiger partial charge in [-0.05, 0) is 60.2 Å². The molecule has 0 bridgehead atoms. The summed E-state index contributed by atoms with van der Waals surface area (Å²) >= 11 is 1.59. The second-order valence-electron chi connectivity index (χ2n) is 8.23. The summed E-state index contributed by atoms with van der Waals surface area (Å²) in [5, 5.41) is 1.99. The number of carbonyl (C=O) groups excluding carboxylic acids is 2. The van der Waals surface area contributed by atoms with Gasteiger partial charge in [0.2, 0.25) is 5.91 Å². The number of rotatable bonds is 11. The molecule has 0 fully saturated rings. The molecule has 0 aliphatic heterocycles. The van der Waals surface area contributed by atoms with Crippen LogP contribution in [0.15, 0.2) is 53.9 Å². The number of hydrogen-bond donors (Lipinski definition) is 0. The normalized spacial score (nSPS) is 10.7. The molecule has 0 spiro atoms. The first kappa shape index (κ1) is 26.2. The summed E-state index contributed by atoms with van der Waals surface area (Å²) in [5.41, 5.74) is 2.32. The van der Waals surface area contributed by atoms with E-state index in [9.17, 15) is 14.0 Å². The van der Waals surface area contributed by atoms with Crippen LogP contribution in [-0.2, 0) is 17.9 Å². The molecule has 3 aromatic rings. The first-order valence-corrected chi connectivity index (χ1v) is 12.3. The lowest BCUT2D eigenvalue weighted by Crippen LogP contribution is -2.42.